The summed E-state index contributed by atoms with van der Waals surface area (Å²) in [5, 5.41) is 13.9. The first kappa shape index (κ1) is 20.2. The van der Waals surface area contributed by atoms with Gasteiger partial charge in [0, 0.05) is 36.0 Å². The number of nitrogens with zero attached hydrogens (tertiary/aromatic N) is 1. The first-order valence-electron chi connectivity index (χ1n) is 10.1. The second kappa shape index (κ2) is 8.32. The summed E-state index contributed by atoms with van der Waals surface area (Å²) >= 11 is 0. The largest absolute Gasteiger partial charge is 0.496 e. The van der Waals surface area contributed by atoms with Gasteiger partial charge < -0.3 is 19.9 Å². The number of nitrogens with one attached hydrogen (secondary N) is 1. The number of methoxy groups -OCH3 is 1. The van der Waals surface area contributed by atoms with Crippen molar-refractivity contribution in [2.45, 2.75) is 32.5 Å². The van der Waals surface area contributed by atoms with Crippen molar-refractivity contribution in [1.82, 2.24) is 10.3 Å². The highest BCUT2D eigenvalue weighted by atomic mass is 16.5. The van der Waals surface area contributed by atoms with Crippen LogP contribution in [-0.2, 0) is 4.79 Å². The number of aromatic nitrogens is 1. The molecule has 156 valence electrons. The number of benzene rings is 2. The molecule has 1 aliphatic heterocycles. The van der Waals surface area contributed by atoms with Gasteiger partial charge in [0.25, 0.3) is 0 Å². The molecule has 30 heavy (non-hydrogen) atoms. The molecule has 1 fully saturated rings. The van der Waals surface area contributed by atoms with Gasteiger partial charge in [0.2, 0.25) is 5.91 Å². The Balaban J connectivity index is 1.75. The van der Waals surface area contributed by atoms with Crippen LogP contribution in [0.15, 0.2) is 48.7 Å². The minimum Gasteiger partial charge on any atom is -0.496 e. The quantitative estimate of drug-likeness (QED) is 0.650. The molecule has 1 unspecified atom stereocenters. The van der Waals surface area contributed by atoms with Gasteiger partial charge in [-0.25, -0.2) is 0 Å². The van der Waals surface area contributed by atoms with Gasteiger partial charge in [-0.1, -0.05) is 6.07 Å². The molecule has 6 heteroatoms. The lowest BCUT2D eigenvalue weighted by Crippen LogP contribution is -2.25. The summed E-state index contributed by atoms with van der Waals surface area (Å²) in [5.74, 6) is 1.59. The number of rotatable bonds is 6. The number of hydrogen-bond acceptors (Lipinski definition) is 5. The number of amides is 1. The van der Waals surface area contributed by atoms with Crippen molar-refractivity contribution in [2.24, 2.45) is 5.92 Å². The topological polar surface area (TPSA) is 80.7 Å². The van der Waals surface area contributed by atoms with Gasteiger partial charge in [0.05, 0.1) is 18.7 Å². The molecule has 2 N–H and O–H groups in total. The minimum absolute atomic E-state index is 0.0691. The van der Waals surface area contributed by atoms with E-state index in [-0.39, 0.29) is 17.9 Å². The highest BCUT2D eigenvalue weighted by molar-refractivity contribution is 5.90. The van der Waals surface area contributed by atoms with Crippen molar-refractivity contribution in [3.8, 4) is 22.6 Å². The average molecular weight is 406 g/mol. The van der Waals surface area contributed by atoms with Crippen LogP contribution in [0.5, 0.6) is 11.5 Å². The maximum absolute atomic E-state index is 11.6. The molecule has 1 saturated heterocycles. The van der Waals surface area contributed by atoms with Crippen molar-refractivity contribution >= 4 is 16.8 Å². The maximum Gasteiger partial charge on any atom is 0.220 e. The van der Waals surface area contributed by atoms with E-state index in [2.05, 4.69) is 10.3 Å². The van der Waals surface area contributed by atoms with Crippen molar-refractivity contribution in [3.05, 3.63) is 54.2 Å². The molecule has 0 aliphatic carbocycles. The van der Waals surface area contributed by atoms with Crippen LogP contribution in [0.2, 0.25) is 0 Å². The zero-order chi connectivity index (χ0) is 21.3. The fourth-order valence-electron chi connectivity index (χ4n) is 3.91. The van der Waals surface area contributed by atoms with Crippen molar-refractivity contribution in [3.63, 3.8) is 0 Å². The number of ether oxygens (including phenoxy) is 2. The van der Waals surface area contributed by atoms with E-state index in [0.29, 0.717) is 18.7 Å². The molecule has 0 bridgehead atoms. The first-order valence-corrected chi connectivity index (χ1v) is 10.1. The molecule has 0 radical (unpaired) electrons. The average Bonchev–Trinajstić information content (AvgIpc) is 3.19. The molecule has 0 spiro atoms. The zero-order valence-corrected chi connectivity index (χ0v) is 17.4. The fraction of sp³-hybridized carbons (Fsp3) is 0.333. The number of aliphatic hydroxyl groups excluding tert-OH is 1. The first-order chi connectivity index (χ1) is 14.5. The number of aliphatic hydroxyl groups is 1. The van der Waals surface area contributed by atoms with Crippen LogP contribution < -0.4 is 14.8 Å². The van der Waals surface area contributed by atoms with Crippen LogP contribution in [0.3, 0.4) is 0 Å². The number of hydrogen-bond donors (Lipinski definition) is 2. The summed E-state index contributed by atoms with van der Waals surface area (Å²) in [4.78, 5) is 16.1. The Morgan fingerprint density at radius 1 is 1.13 bits per heavy atom. The summed E-state index contributed by atoms with van der Waals surface area (Å²) in [6, 6.07) is 13.6. The van der Waals surface area contributed by atoms with Crippen LogP contribution in [0.25, 0.3) is 22.0 Å². The van der Waals surface area contributed by atoms with Gasteiger partial charge >= 0.3 is 0 Å². The third-order valence-electron chi connectivity index (χ3n) is 5.68. The monoisotopic (exact) mass is 406 g/mol. The Hall–Kier alpha value is -3.12. The lowest BCUT2D eigenvalue weighted by atomic mass is 9.98. The van der Waals surface area contributed by atoms with E-state index in [1.165, 1.54) is 0 Å². The van der Waals surface area contributed by atoms with E-state index in [0.717, 1.165) is 33.3 Å². The van der Waals surface area contributed by atoms with E-state index < -0.39 is 6.10 Å². The van der Waals surface area contributed by atoms with Gasteiger partial charge in [-0.15, -0.1) is 0 Å². The predicted octanol–water partition coefficient (Wildman–Crippen LogP) is 3.87. The number of carbonyl (C=O) groups is 1. The van der Waals surface area contributed by atoms with E-state index in [1.54, 1.807) is 20.2 Å². The van der Waals surface area contributed by atoms with Gasteiger partial charge in [-0.2, -0.15) is 0 Å². The molecule has 0 saturated carbocycles. The van der Waals surface area contributed by atoms with Crippen molar-refractivity contribution in [2.75, 3.05) is 13.7 Å². The van der Waals surface area contributed by atoms with Crippen LogP contribution in [-0.4, -0.2) is 35.8 Å². The molecule has 6 nitrogen and oxygen atoms in total. The molecular weight excluding hydrogens is 380 g/mol. The van der Waals surface area contributed by atoms with Gasteiger partial charge in [-0.3, -0.25) is 9.78 Å². The van der Waals surface area contributed by atoms with Gasteiger partial charge in [-0.05, 0) is 61.4 Å². The van der Waals surface area contributed by atoms with Gasteiger partial charge in [0.1, 0.15) is 17.6 Å². The number of pyridine rings is 1. The highest BCUT2D eigenvalue weighted by Gasteiger charge is 2.28. The molecule has 4 rings (SSSR count). The van der Waals surface area contributed by atoms with E-state index in [9.17, 15) is 9.90 Å². The van der Waals surface area contributed by atoms with Crippen LogP contribution in [0, 0.1) is 5.92 Å². The van der Waals surface area contributed by atoms with Gasteiger partial charge in [0.15, 0.2) is 0 Å². The molecule has 3 atom stereocenters. The third kappa shape index (κ3) is 3.96. The van der Waals surface area contributed by atoms with E-state index in [1.807, 2.05) is 49.4 Å². The molecule has 2 heterocycles. The smallest absolute Gasteiger partial charge is 0.220 e. The van der Waals surface area contributed by atoms with E-state index in [4.69, 9.17) is 9.47 Å². The minimum atomic E-state index is -0.651. The second-order valence-corrected chi connectivity index (χ2v) is 7.77. The molecule has 1 amide bonds. The Kier molecular flexibility index (Phi) is 5.59. The van der Waals surface area contributed by atoms with Crippen LogP contribution in [0.4, 0.5) is 0 Å². The Morgan fingerprint density at radius 2 is 1.97 bits per heavy atom. The molecule has 2 aromatic carbocycles. The molecule has 3 aromatic rings. The van der Waals surface area contributed by atoms with Crippen LogP contribution in [0.1, 0.15) is 31.9 Å². The summed E-state index contributed by atoms with van der Waals surface area (Å²) in [7, 11) is 1.59. The number of fused-ring (bicyclic) bond motifs is 1. The second-order valence-electron chi connectivity index (χ2n) is 7.77. The normalized spacial score (nSPS) is 18.1. The summed E-state index contributed by atoms with van der Waals surface area (Å²) in [6.07, 6.45) is 1.47. The fourth-order valence-corrected chi connectivity index (χ4v) is 3.91. The molecule has 1 aromatic heterocycles. The Labute approximate surface area is 175 Å². The van der Waals surface area contributed by atoms with E-state index >= 15 is 0 Å². The van der Waals surface area contributed by atoms with Crippen molar-refractivity contribution in [1.29, 1.82) is 0 Å². The Morgan fingerprint density at radius 3 is 2.67 bits per heavy atom. The standard InChI is InChI=1S/C24H26N2O4/c1-14(27)20-9-16(6-7-22(20)29-3)17-10-21-19(5-4-8-25-21)23(11-17)30-15(2)18-12-24(28)26-13-18/h4-11,14-15,18,27H,12-13H2,1-3H3,(H,26,28)/t14?,15-,18-/m1/s1. The third-order valence-corrected chi connectivity index (χ3v) is 5.68. The van der Waals surface area contributed by atoms with Crippen LogP contribution >= 0.6 is 0 Å². The Bertz CT molecular complexity index is 1080. The molecular formula is C24H26N2O4. The zero-order valence-electron chi connectivity index (χ0n) is 17.4. The highest BCUT2D eigenvalue weighted by Crippen LogP contribution is 2.36. The van der Waals surface area contributed by atoms with Crippen molar-refractivity contribution < 1.29 is 19.4 Å². The molecule has 1 aliphatic rings. The number of carbonyl (C=O) groups excluding carboxylic acids is 1. The summed E-state index contributed by atoms with van der Waals surface area (Å²) in [6.45, 7) is 4.35. The lowest BCUT2D eigenvalue weighted by Gasteiger charge is -2.21. The summed E-state index contributed by atoms with van der Waals surface area (Å²) < 4.78 is 11.7. The predicted molar refractivity (Wildman–Crippen MR) is 116 cm³/mol. The lowest BCUT2D eigenvalue weighted by molar-refractivity contribution is -0.119. The maximum atomic E-state index is 11.6. The summed E-state index contributed by atoms with van der Waals surface area (Å²) in [5.41, 5.74) is 3.43. The SMILES string of the molecule is COc1ccc(-c2cc(O[C@H](C)[C@H]3CNC(=O)C3)c3cccnc3c2)cc1C(C)O.